The van der Waals surface area contributed by atoms with Crippen molar-refractivity contribution in [3.63, 3.8) is 0 Å². The van der Waals surface area contributed by atoms with Crippen molar-refractivity contribution in [3.8, 4) is 0 Å². The largest absolute Gasteiger partial charge is 0.272 e. The molecule has 2 heterocycles. The van der Waals surface area contributed by atoms with Crippen molar-refractivity contribution in [1.82, 2.24) is 9.29 Å². The Morgan fingerprint density at radius 2 is 2.12 bits per heavy atom. The lowest BCUT2D eigenvalue weighted by molar-refractivity contribution is -0.132. The zero-order valence-electron chi connectivity index (χ0n) is 9.34. The molecule has 7 heteroatoms. The van der Waals surface area contributed by atoms with Crippen molar-refractivity contribution in [2.45, 2.75) is 25.1 Å². The lowest BCUT2D eigenvalue weighted by atomic mass is 10.1. The third-order valence-corrected chi connectivity index (χ3v) is 5.34. The maximum atomic E-state index is 11.8. The number of carbonyl (C=O) groups is 1. The molecule has 0 spiro atoms. The third-order valence-electron chi connectivity index (χ3n) is 2.79. The van der Waals surface area contributed by atoms with Crippen molar-refractivity contribution in [2.75, 3.05) is 0 Å². The molecule has 1 aliphatic heterocycles. The van der Waals surface area contributed by atoms with E-state index < -0.39 is 20.7 Å². The average molecular weight is 275 g/mol. The minimum absolute atomic E-state index is 0.00678. The molecule has 0 aliphatic carbocycles. The topological polar surface area (TPSA) is 67.3 Å². The molecule has 0 aromatic carbocycles. The zero-order valence-corrected chi connectivity index (χ0v) is 10.9. The first-order valence-electron chi connectivity index (χ1n) is 4.94. The Balaban J connectivity index is 2.26. The first-order chi connectivity index (χ1) is 7.76. The molecule has 17 heavy (non-hydrogen) atoms. The highest BCUT2D eigenvalue weighted by molar-refractivity contribution is 7.94. The molecule has 0 atom stereocenters. The van der Waals surface area contributed by atoms with Crippen LogP contribution >= 0.6 is 11.6 Å². The van der Waals surface area contributed by atoms with E-state index in [9.17, 15) is 13.2 Å². The summed E-state index contributed by atoms with van der Waals surface area (Å²) >= 11 is 5.69. The van der Waals surface area contributed by atoms with Gasteiger partial charge in [-0.25, -0.2) is 17.7 Å². The first kappa shape index (κ1) is 12.3. The summed E-state index contributed by atoms with van der Waals surface area (Å²) in [6, 6.07) is 3.16. The van der Waals surface area contributed by atoms with Crippen molar-refractivity contribution in [2.24, 2.45) is 0 Å². The van der Waals surface area contributed by atoms with Crippen LogP contribution in [-0.2, 0) is 21.4 Å². The molecule has 1 fully saturated rings. The lowest BCUT2D eigenvalue weighted by Crippen LogP contribution is -2.66. The van der Waals surface area contributed by atoms with Gasteiger partial charge in [-0.15, -0.1) is 0 Å². The van der Waals surface area contributed by atoms with Gasteiger partial charge in [-0.2, -0.15) is 0 Å². The second-order valence-electron chi connectivity index (χ2n) is 4.31. The standard InChI is InChI=1S/C10H11ClN2O3S/c1-10(2)9(14)13(17(10,15)16)6-7-3-4-12-8(11)5-7/h3-5H,6H2,1-2H3. The summed E-state index contributed by atoms with van der Waals surface area (Å²) in [4.78, 5) is 15.5. The van der Waals surface area contributed by atoms with Crippen LogP contribution in [0.15, 0.2) is 18.3 Å². The Labute approximate surface area is 104 Å². The Morgan fingerprint density at radius 1 is 1.47 bits per heavy atom. The molecule has 1 saturated heterocycles. The monoisotopic (exact) mass is 274 g/mol. The smallest absolute Gasteiger partial charge is 0.259 e. The fourth-order valence-electron chi connectivity index (χ4n) is 1.62. The number of hydrogen-bond donors (Lipinski definition) is 0. The molecule has 0 saturated carbocycles. The van der Waals surface area contributed by atoms with E-state index in [-0.39, 0.29) is 11.7 Å². The van der Waals surface area contributed by atoms with Crippen LogP contribution in [0.2, 0.25) is 5.15 Å². The number of sulfonamides is 1. The molecular formula is C10H11ClN2O3S. The highest BCUT2D eigenvalue weighted by Gasteiger charge is 2.59. The summed E-state index contributed by atoms with van der Waals surface area (Å²) in [5.74, 6) is -0.398. The summed E-state index contributed by atoms with van der Waals surface area (Å²) < 4.78 is 23.2. The van der Waals surface area contributed by atoms with Gasteiger partial charge >= 0.3 is 0 Å². The SMILES string of the molecule is CC1(C)C(=O)N(Cc2ccnc(Cl)c2)S1(=O)=O. The van der Waals surface area contributed by atoms with Gasteiger partial charge in [-0.05, 0) is 31.5 Å². The van der Waals surface area contributed by atoms with Crippen LogP contribution in [-0.4, -0.2) is 28.4 Å². The normalized spacial score (nSPS) is 21.1. The van der Waals surface area contributed by atoms with E-state index in [1.807, 2.05) is 0 Å². The number of amides is 1. The van der Waals surface area contributed by atoms with Crippen LogP contribution in [0.3, 0.4) is 0 Å². The Morgan fingerprint density at radius 3 is 2.65 bits per heavy atom. The quantitative estimate of drug-likeness (QED) is 0.760. The lowest BCUT2D eigenvalue weighted by Gasteiger charge is -2.43. The summed E-state index contributed by atoms with van der Waals surface area (Å²) in [7, 11) is -3.54. The maximum Gasteiger partial charge on any atom is 0.259 e. The summed E-state index contributed by atoms with van der Waals surface area (Å²) in [5.41, 5.74) is 0.637. The number of rotatable bonds is 2. The van der Waals surface area contributed by atoms with Gasteiger partial charge < -0.3 is 0 Å². The molecule has 0 bridgehead atoms. The number of carbonyl (C=O) groups excluding carboxylic acids is 1. The highest BCUT2D eigenvalue weighted by atomic mass is 35.5. The van der Waals surface area contributed by atoms with Crippen LogP contribution in [0.5, 0.6) is 0 Å². The minimum atomic E-state index is -3.54. The van der Waals surface area contributed by atoms with Crippen LogP contribution in [0.4, 0.5) is 0 Å². The predicted molar refractivity (Wildman–Crippen MR) is 62.8 cm³/mol. The molecule has 1 aliphatic rings. The molecule has 1 aromatic rings. The van der Waals surface area contributed by atoms with E-state index in [0.29, 0.717) is 5.56 Å². The fourth-order valence-corrected chi connectivity index (χ4v) is 3.33. The highest BCUT2D eigenvalue weighted by Crippen LogP contribution is 2.36. The Kier molecular flexibility index (Phi) is 2.67. The van der Waals surface area contributed by atoms with Gasteiger partial charge in [0, 0.05) is 6.20 Å². The van der Waals surface area contributed by atoms with E-state index in [4.69, 9.17) is 11.6 Å². The van der Waals surface area contributed by atoms with Crippen LogP contribution in [0.25, 0.3) is 0 Å². The summed E-state index contributed by atoms with van der Waals surface area (Å²) in [5, 5.41) is 0.270. The Hall–Kier alpha value is -1.14. The van der Waals surface area contributed by atoms with E-state index in [0.717, 1.165) is 4.31 Å². The number of hydrogen-bond acceptors (Lipinski definition) is 4. The number of nitrogens with zero attached hydrogens (tertiary/aromatic N) is 2. The van der Waals surface area contributed by atoms with Gasteiger partial charge in [0.15, 0.2) is 4.75 Å². The molecule has 1 aromatic heterocycles. The van der Waals surface area contributed by atoms with Gasteiger partial charge in [-0.3, -0.25) is 4.79 Å². The van der Waals surface area contributed by atoms with Gasteiger partial charge in [-0.1, -0.05) is 11.6 Å². The maximum absolute atomic E-state index is 11.8. The van der Waals surface area contributed by atoms with Gasteiger partial charge in [0.25, 0.3) is 15.9 Å². The van der Waals surface area contributed by atoms with Crippen LogP contribution < -0.4 is 0 Å². The molecule has 0 N–H and O–H groups in total. The molecule has 2 rings (SSSR count). The predicted octanol–water partition coefficient (Wildman–Crippen LogP) is 1.19. The van der Waals surface area contributed by atoms with Crippen molar-refractivity contribution < 1.29 is 13.2 Å². The van der Waals surface area contributed by atoms with Crippen molar-refractivity contribution in [3.05, 3.63) is 29.0 Å². The Bertz CT molecular complexity index is 583. The first-order valence-corrected chi connectivity index (χ1v) is 6.76. The number of pyridine rings is 1. The van der Waals surface area contributed by atoms with Crippen LogP contribution in [0.1, 0.15) is 19.4 Å². The van der Waals surface area contributed by atoms with E-state index in [1.165, 1.54) is 26.1 Å². The van der Waals surface area contributed by atoms with Gasteiger partial charge in [0.05, 0.1) is 6.54 Å². The van der Waals surface area contributed by atoms with Crippen LogP contribution in [0, 0.1) is 0 Å². The second kappa shape index (κ2) is 3.68. The third kappa shape index (κ3) is 1.71. The van der Waals surface area contributed by atoms with Gasteiger partial charge in [0.2, 0.25) is 0 Å². The van der Waals surface area contributed by atoms with Crippen molar-refractivity contribution in [1.29, 1.82) is 0 Å². The number of aromatic nitrogens is 1. The number of halogens is 1. The van der Waals surface area contributed by atoms with E-state index in [1.54, 1.807) is 6.07 Å². The average Bonchev–Trinajstić information content (AvgIpc) is 2.24. The minimum Gasteiger partial charge on any atom is -0.272 e. The van der Waals surface area contributed by atoms with E-state index in [2.05, 4.69) is 4.98 Å². The van der Waals surface area contributed by atoms with Crippen molar-refractivity contribution >= 4 is 27.5 Å². The molecule has 1 amide bonds. The molecule has 5 nitrogen and oxygen atoms in total. The molecule has 0 unspecified atom stereocenters. The second-order valence-corrected chi connectivity index (χ2v) is 7.11. The van der Waals surface area contributed by atoms with E-state index >= 15 is 0 Å². The summed E-state index contributed by atoms with van der Waals surface area (Å²) in [6.07, 6.45) is 1.47. The summed E-state index contributed by atoms with van der Waals surface area (Å²) in [6.45, 7) is 2.81. The molecular weight excluding hydrogens is 264 g/mol. The molecule has 0 radical (unpaired) electrons. The zero-order chi connectivity index (χ0) is 12.8. The van der Waals surface area contributed by atoms with Gasteiger partial charge in [0.1, 0.15) is 5.15 Å². The fraction of sp³-hybridized carbons (Fsp3) is 0.400. The molecule has 92 valence electrons.